The van der Waals surface area contributed by atoms with Gasteiger partial charge in [-0.3, -0.25) is 9.69 Å². The van der Waals surface area contributed by atoms with Crippen molar-refractivity contribution in [2.24, 2.45) is 5.92 Å². The van der Waals surface area contributed by atoms with Crippen LogP contribution in [0.1, 0.15) is 51.3 Å². The number of aliphatic hydroxyl groups excluding tert-OH is 1. The summed E-state index contributed by atoms with van der Waals surface area (Å²) in [5.41, 5.74) is 2.76. The van der Waals surface area contributed by atoms with Crippen molar-refractivity contribution in [2.75, 3.05) is 25.1 Å². The van der Waals surface area contributed by atoms with Gasteiger partial charge in [0, 0.05) is 42.5 Å². The summed E-state index contributed by atoms with van der Waals surface area (Å²) in [5, 5.41) is 13.6. The fraction of sp³-hybridized carbons (Fsp3) is 0.571. The number of hydrogen-bond donors (Lipinski definition) is 2. The number of anilines is 1. The van der Waals surface area contributed by atoms with E-state index in [-0.39, 0.29) is 24.0 Å². The average Bonchev–Trinajstić information content (AvgIpc) is 3.51. The lowest BCUT2D eigenvalue weighted by atomic mass is 9.78. The number of nitrogens with zero attached hydrogens (tertiary/aromatic N) is 4. The molecule has 38 heavy (non-hydrogen) atoms. The third-order valence-corrected chi connectivity index (χ3v) is 9.13. The highest BCUT2D eigenvalue weighted by Gasteiger charge is 2.41. The molecule has 3 atom stereocenters. The van der Waals surface area contributed by atoms with E-state index in [0.717, 1.165) is 79.6 Å². The normalized spacial score (nSPS) is 27.9. The van der Waals surface area contributed by atoms with E-state index in [4.69, 9.17) is 9.47 Å². The van der Waals surface area contributed by atoms with Crippen molar-refractivity contribution in [1.82, 2.24) is 19.9 Å². The van der Waals surface area contributed by atoms with Gasteiger partial charge < -0.3 is 19.9 Å². The molecule has 2 N–H and O–H groups in total. The molecule has 1 saturated heterocycles. The fourth-order valence-corrected chi connectivity index (χ4v) is 6.71. The third-order valence-electron chi connectivity index (χ3n) is 8.20. The van der Waals surface area contributed by atoms with Crippen LogP contribution >= 0.6 is 11.3 Å². The van der Waals surface area contributed by atoms with Gasteiger partial charge in [0.2, 0.25) is 5.91 Å². The molecule has 0 bridgehead atoms. The Labute approximate surface area is 226 Å². The lowest BCUT2D eigenvalue weighted by Gasteiger charge is -2.47. The molecule has 3 fully saturated rings. The Morgan fingerprint density at radius 3 is 2.84 bits per heavy atom. The van der Waals surface area contributed by atoms with Crippen LogP contribution in [-0.4, -0.2) is 74.9 Å². The van der Waals surface area contributed by atoms with E-state index >= 15 is 0 Å². The van der Waals surface area contributed by atoms with Crippen LogP contribution in [0.3, 0.4) is 0 Å². The number of fused-ring (bicyclic) bond motifs is 1. The lowest BCUT2D eigenvalue weighted by Crippen LogP contribution is -2.56. The second-order valence-corrected chi connectivity index (χ2v) is 11.7. The number of carbonyl (C=O) groups excluding carboxylic acids is 1. The number of ether oxygens (including phenoxy) is 2. The van der Waals surface area contributed by atoms with Crippen LogP contribution in [0.5, 0.6) is 0 Å². The van der Waals surface area contributed by atoms with Gasteiger partial charge in [0.05, 0.1) is 35.6 Å². The molecule has 6 rings (SSSR count). The number of benzene rings is 1. The summed E-state index contributed by atoms with van der Waals surface area (Å²) in [4.78, 5) is 29.0. The molecule has 3 aliphatic rings. The minimum Gasteiger partial charge on any atom is -0.390 e. The van der Waals surface area contributed by atoms with Gasteiger partial charge in [0.15, 0.2) is 11.0 Å². The summed E-state index contributed by atoms with van der Waals surface area (Å²) in [5.74, 6) is 0.714. The molecule has 2 saturated carbocycles. The van der Waals surface area contributed by atoms with Crippen LogP contribution in [-0.2, 0) is 20.9 Å². The van der Waals surface area contributed by atoms with Crippen LogP contribution in [0.4, 0.5) is 5.13 Å². The molecule has 0 spiro atoms. The van der Waals surface area contributed by atoms with Crippen LogP contribution in [0.2, 0.25) is 0 Å². The SMILES string of the molecule is CC[C@@H]1COCCN1C1CC(C(=O)Nc2nc3ccc(-c4cnc(CO[C@H]5CCC[C@@H]5O)nc4)cc3s2)C1. The van der Waals surface area contributed by atoms with Gasteiger partial charge >= 0.3 is 0 Å². The molecule has 2 aromatic heterocycles. The molecule has 202 valence electrons. The number of hydrogen-bond acceptors (Lipinski definition) is 9. The van der Waals surface area contributed by atoms with E-state index < -0.39 is 0 Å². The lowest BCUT2D eigenvalue weighted by molar-refractivity contribution is -0.127. The van der Waals surface area contributed by atoms with E-state index in [9.17, 15) is 9.90 Å². The molecule has 10 heteroatoms. The highest BCUT2D eigenvalue weighted by atomic mass is 32.1. The van der Waals surface area contributed by atoms with Gasteiger partial charge in [0.25, 0.3) is 0 Å². The van der Waals surface area contributed by atoms with Gasteiger partial charge in [0.1, 0.15) is 6.61 Å². The average molecular weight is 538 g/mol. The summed E-state index contributed by atoms with van der Waals surface area (Å²) < 4.78 is 12.4. The summed E-state index contributed by atoms with van der Waals surface area (Å²) in [7, 11) is 0. The highest BCUT2D eigenvalue weighted by molar-refractivity contribution is 7.22. The zero-order valence-corrected chi connectivity index (χ0v) is 22.5. The fourth-order valence-electron chi connectivity index (χ4n) is 5.80. The Hall–Kier alpha value is -2.50. The van der Waals surface area contributed by atoms with Crippen molar-refractivity contribution in [3.8, 4) is 11.1 Å². The first-order valence-corrected chi connectivity index (χ1v) is 14.5. The predicted molar refractivity (Wildman–Crippen MR) is 146 cm³/mol. The standard InChI is InChI=1S/C28H35N5O4S/c1-2-20-15-36-9-8-33(20)21-10-18(11-21)27(35)32-28-31-22-7-6-17(12-25(22)38-28)19-13-29-26(30-14-19)16-37-24-5-3-4-23(24)34/h6-7,12-14,18,20-21,23-24,34H,2-5,8-11,15-16H2,1H3,(H,31,32,35)/t18?,20-,21?,23+,24+/m1/s1. The number of morpholine rings is 1. The van der Waals surface area contributed by atoms with Crippen LogP contribution < -0.4 is 5.32 Å². The van der Waals surface area contributed by atoms with E-state index in [0.29, 0.717) is 29.6 Å². The van der Waals surface area contributed by atoms with Crippen molar-refractivity contribution in [3.63, 3.8) is 0 Å². The molecule has 0 unspecified atom stereocenters. The molecular weight excluding hydrogens is 502 g/mol. The number of amides is 1. The van der Waals surface area contributed by atoms with Crippen molar-refractivity contribution < 1.29 is 19.4 Å². The first kappa shape index (κ1) is 25.8. The van der Waals surface area contributed by atoms with E-state index in [2.05, 4.69) is 38.2 Å². The smallest absolute Gasteiger partial charge is 0.229 e. The third kappa shape index (κ3) is 5.46. The maximum atomic E-state index is 12.9. The summed E-state index contributed by atoms with van der Waals surface area (Å²) in [6.07, 6.45) is 8.65. The number of nitrogens with one attached hydrogen (secondary N) is 1. The van der Waals surface area contributed by atoms with Gasteiger partial charge in [-0.1, -0.05) is 24.3 Å². The number of thiazole rings is 1. The molecule has 0 radical (unpaired) electrons. The summed E-state index contributed by atoms with van der Waals surface area (Å²) in [6, 6.07) is 6.98. The molecule has 3 heterocycles. The quantitative estimate of drug-likeness (QED) is 0.444. The second kappa shape index (κ2) is 11.3. The van der Waals surface area contributed by atoms with Crippen molar-refractivity contribution in [1.29, 1.82) is 0 Å². The first-order valence-electron chi connectivity index (χ1n) is 13.7. The summed E-state index contributed by atoms with van der Waals surface area (Å²) >= 11 is 1.49. The Bertz CT molecular complexity index is 1260. The zero-order chi connectivity index (χ0) is 26.1. The van der Waals surface area contributed by atoms with Crippen LogP contribution in [0.15, 0.2) is 30.6 Å². The molecule has 9 nitrogen and oxygen atoms in total. The molecule has 2 aliphatic carbocycles. The van der Waals surface area contributed by atoms with E-state index in [1.54, 1.807) is 12.4 Å². The van der Waals surface area contributed by atoms with Gasteiger partial charge in [-0.15, -0.1) is 0 Å². The number of carbonyl (C=O) groups is 1. The first-order chi connectivity index (χ1) is 18.6. The van der Waals surface area contributed by atoms with Gasteiger partial charge in [-0.25, -0.2) is 15.0 Å². The summed E-state index contributed by atoms with van der Waals surface area (Å²) in [6.45, 7) is 5.05. The maximum absolute atomic E-state index is 12.9. The van der Waals surface area contributed by atoms with E-state index in [1.165, 1.54) is 11.3 Å². The predicted octanol–water partition coefficient (Wildman–Crippen LogP) is 4.01. The molecule has 1 aliphatic heterocycles. The molecule has 1 aromatic carbocycles. The van der Waals surface area contributed by atoms with Crippen molar-refractivity contribution in [2.45, 2.75) is 76.3 Å². The Kier molecular flexibility index (Phi) is 7.67. The Balaban J connectivity index is 1.05. The largest absolute Gasteiger partial charge is 0.390 e. The number of aromatic nitrogens is 3. The van der Waals surface area contributed by atoms with Gasteiger partial charge in [-0.2, -0.15) is 0 Å². The second-order valence-electron chi connectivity index (χ2n) is 10.6. The molecule has 3 aromatic rings. The molecule has 1 amide bonds. The van der Waals surface area contributed by atoms with Crippen molar-refractivity contribution >= 4 is 32.6 Å². The Morgan fingerprint density at radius 1 is 1.24 bits per heavy atom. The highest BCUT2D eigenvalue weighted by Crippen LogP contribution is 2.36. The van der Waals surface area contributed by atoms with Crippen LogP contribution in [0, 0.1) is 5.92 Å². The Morgan fingerprint density at radius 2 is 2.08 bits per heavy atom. The topological polar surface area (TPSA) is 110 Å². The number of aliphatic hydroxyl groups is 1. The zero-order valence-electron chi connectivity index (χ0n) is 21.7. The molecular formula is C28H35N5O4S. The number of rotatable bonds is 8. The van der Waals surface area contributed by atoms with E-state index in [1.807, 2.05) is 12.1 Å². The van der Waals surface area contributed by atoms with Crippen molar-refractivity contribution in [3.05, 3.63) is 36.4 Å². The minimum absolute atomic E-state index is 0.0412. The minimum atomic E-state index is -0.385. The maximum Gasteiger partial charge on any atom is 0.229 e. The van der Waals surface area contributed by atoms with Gasteiger partial charge in [-0.05, 0) is 56.2 Å². The monoisotopic (exact) mass is 537 g/mol. The van der Waals surface area contributed by atoms with Crippen LogP contribution in [0.25, 0.3) is 21.3 Å².